The van der Waals surface area contributed by atoms with Gasteiger partial charge >= 0.3 is 6.09 Å². The zero-order valence-electron chi connectivity index (χ0n) is 20.8. The number of nitrogens with one attached hydrogen (secondary N) is 1. The Kier molecular flexibility index (Phi) is 6.56. The molecule has 1 saturated heterocycles. The van der Waals surface area contributed by atoms with Crippen molar-refractivity contribution in [1.29, 1.82) is 0 Å². The molecule has 2 aliphatic rings. The second-order valence-corrected chi connectivity index (χ2v) is 10.1. The van der Waals surface area contributed by atoms with Crippen molar-refractivity contribution in [3.63, 3.8) is 0 Å². The predicted molar refractivity (Wildman–Crippen MR) is 131 cm³/mol. The van der Waals surface area contributed by atoms with Crippen LogP contribution in [0.4, 0.5) is 4.79 Å². The van der Waals surface area contributed by atoms with Crippen molar-refractivity contribution in [2.24, 2.45) is 5.92 Å². The standard InChI is InChI=1S/C27H35N3O4/c1-6-18-16-30(25(32)34-26(3,4)5)15-14-27(18)17-28-24(31)23-20(27)12-13-21(29-23)19-10-8-9-11-22(19)33-7-2/h8-13,18H,6-7,14-17H2,1-5H3,(H,28,31). The monoisotopic (exact) mass is 465 g/mol. The van der Waals surface area contributed by atoms with E-state index in [1.54, 1.807) is 4.90 Å². The van der Waals surface area contributed by atoms with Gasteiger partial charge in [-0.05, 0) is 63.8 Å². The largest absolute Gasteiger partial charge is 0.493 e. The van der Waals surface area contributed by atoms with Crippen LogP contribution in [0.5, 0.6) is 5.75 Å². The molecule has 2 unspecified atom stereocenters. The van der Waals surface area contributed by atoms with Crippen LogP contribution in [-0.2, 0) is 10.2 Å². The second-order valence-electron chi connectivity index (χ2n) is 10.1. The molecule has 0 aliphatic carbocycles. The molecular formula is C27H35N3O4. The van der Waals surface area contributed by atoms with Crippen molar-refractivity contribution in [2.45, 2.75) is 58.5 Å². The SMILES string of the molecule is CCOc1ccccc1-c1ccc2c(n1)C(=O)NCC21CCN(C(=O)OC(C)(C)C)CC1CC. The van der Waals surface area contributed by atoms with Crippen LogP contribution in [-0.4, -0.2) is 53.7 Å². The third kappa shape index (κ3) is 4.48. The van der Waals surface area contributed by atoms with Gasteiger partial charge in [-0.25, -0.2) is 9.78 Å². The fourth-order valence-electron chi connectivity index (χ4n) is 5.23. The number of nitrogens with zero attached hydrogens (tertiary/aromatic N) is 2. The molecule has 7 heteroatoms. The van der Waals surface area contributed by atoms with Crippen molar-refractivity contribution in [2.75, 3.05) is 26.2 Å². The number of piperidine rings is 1. The third-order valence-corrected chi connectivity index (χ3v) is 6.87. The van der Waals surface area contributed by atoms with Gasteiger partial charge in [0.2, 0.25) is 0 Å². The van der Waals surface area contributed by atoms with Crippen LogP contribution < -0.4 is 10.1 Å². The van der Waals surface area contributed by atoms with E-state index in [4.69, 9.17) is 14.5 Å². The zero-order chi connectivity index (χ0) is 24.5. The van der Waals surface area contributed by atoms with Crippen LogP contribution in [0.25, 0.3) is 11.3 Å². The molecule has 0 saturated carbocycles. The van der Waals surface area contributed by atoms with Crippen molar-refractivity contribution < 1.29 is 19.1 Å². The number of likely N-dealkylation sites (tertiary alicyclic amines) is 1. The molecule has 1 spiro atoms. The van der Waals surface area contributed by atoms with Crippen molar-refractivity contribution in [3.8, 4) is 17.0 Å². The van der Waals surface area contributed by atoms with Crippen molar-refractivity contribution in [3.05, 3.63) is 47.7 Å². The van der Waals surface area contributed by atoms with Crippen LogP contribution >= 0.6 is 0 Å². The molecule has 182 valence electrons. The number of aromatic nitrogens is 1. The highest BCUT2D eigenvalue weighted by atomic mass is 16.6. The normalized spacial score (nSPS) is 22.2. The Labute approximate surface area is 201 Å². The Bertz CT molecular complexity index is 1080. The minimum absolute atomic E-state index is 0.152. The maximum absolute atomic E-state index is 12.9. The van der Waals surface area contributed by atoms with Crippen LogP contribution in [0.15, 0.2) is 36.4 Å². The van der Waals surface area contributed by atoms with Gasteiger partial charge in [0.15, 0.2) is 0 Å². The highest BCUT2D eigenvalue weighted by Crippen LogP contribution is 2.45. The smallest absolute Gasteiger partial charge is 0.410 e. The van der Waals surface area contributed by atoms with Gasteiger partial charge in [0.25, 0.3) is 5.91 Å². The van der Waals surface area contributed by atoms with E-state index in [2.05, 4.69) is 18.3 Å². The molecular weight excluding hydrogens is 430 g/mol. The average Bonchev–Trinajstić information content (AvgIpc) is 2.81. The first-order valence-corrected chi connectivity index (χ1v) is 12.2. The first-order valence-electron chi connectivity index (χ1n) is 12.2. The summed E-state index contributed by atoms with van der Waals surface area (Å²) < 4.78 is 11.4. The summed E-state index contributed by atoms with van der Waals surface area (Å²) in [7, 11) is 0. The summed E-state index contributed by atoms with van der Waals surface area (Å²) in [4.78, 5) is 32.3. The maximum Gasteiger partial charge on any atom is 0.410 e. The van der Waals surface area contributed by atoms with Gasteiger partial charge in [-0.15, -0.1) is 0 Å². The van der Waals surface area contributed by atoms with Gasteiger partial charge in [0, 0.05) is 30.6 Å². The number of pyridine rings is 1. The Morgan fingerprint density at radius 3 is 2.68 bits per heavy atom. The van der Waals surface area contributed by atoms with E-state index in [0.29, 0.717) is 37.6 Å². The van der Waals surface area contributed by atoms with Crippen LogP contribution in [0.2, 0.25) is 0 Å². The number of carbonyl (C=O) groups excluding carboxylic acids is 2. The predicted octanol–water partition coefficient (Wildman–Crippen LogP) is 4.80. The topological polar surface area (TPSA) is 80.8 Å². The second kappa shape index (κ2) is 9.28. The Balaban J connectivity index is 1.68. The number of fused-ring (bicyclic) bond motifs is 2. The first kappa shape index (κ1) is 24.0. The number of ether oxygens (including phenoxy) is 2. The average molecular weight is 466 g/mol. The lowest BCUT2D eigenvalue weighted by atomic mass is 9.63. The molecule has 2 amide bonds. The van der Waals surface area contributed by atoms with Gasteiger partial charge in [-0.2, -0.15) is 0 Å². The fourth-order valence-corrected chi connectivity index (χ4v) is 5.23. The summed E-state index contributed by atoms with van der Waals surface area (Å²) in [5.41, 5.74) is 2.24. The van der Waals surface area contributed by atoms with Gasteiger partial charge in [0.1, 0.15) is 17.0 Å². The third-order valence-electron chi connectivity index (χ3n) is 6.87. The summed E-state index contributed by atoms with van der Waals surface area (Å²) in [6.07, 6.45) is 1.35. The van der Waals surface area contributed by atoms with Gasteiger partial charge in [0.05, 0.1) is 12.3 Å². The van der Waals surface area contributed by atoms with E-state index in [1.165, 1.54) is 0 Å². The lowest BCUT2D eigenvalue weighted by Crippen LogP contribution is -2.59. The molecule has 0 bridgehead atoms. The van der Waals surface area contributed by atoms with E-state index in [1.807, 2.05) is 58.0 Å². The lowest BCUT2D eigenvalue weighted by molar-refractivity contribution is 0.00420. The van der Waals surface area contributed by atoms with Crippen LogP contribution in [0.1, 0.15) is 63.5 Å². The molecule has 2 aromatic rings. The molecule has 4 rings (SSSR count). The highest BCUT2D eigenvalue weighted by molar-refractivity contribution is 5.96. The van der Waals surface area contributed by atoms with Gasteiger partial charge in [-0.3, -0.25) is 4.79 Å². The molecule has 2 atom stereocenters. The number of para-hydroxylation sites is 1. The van der Waals surface area contributed by atoms with Crippen LogP contribution in [0, 0.1) is 5.92 Å². The van der Waals surface area contributed by atoms with Crippen LogP contribution in [0.3, 0.4) is 0 Å². The molecule has 34 heavy (non-hydrogen) atoms. The molecule has 1 aromatic carbocycles. The van der Waals surface area contributed by atoms with Crippen molar-refractivity contribution >= 4 is 12.0 Å². The number of benzene rings is 1. The van der Waals surface area contributed by atoms with E-state index in [-0.39, 0.29) is 23.3 Å². The molecule has 1 fully saturated rings. The number of carbonyl (C=O) groups is 2. The Morgan fingerprint density at radius 2 is 1.97 bits per heavy atom. The van der Waals surface area contributed by atoms with Crippen molar-refractivity contribution in [1.82, 2.24) is 15.2 Å². The zero-order valence-corrected chi connectivity index (χ0v) is 20.8. The summed E-state index contributed by atoms with van der Waals surface area (Å²) >= 11 is 0. The van der Waals surface area contributed by atoms with E-state index in [0.717, 1.165) is 29.7 Å². The summed E-state index contributed by atoms with van der Waals surface area (Å²) in [6, 6.07) is 11.8. The number of amides is 2. The van der Waals surface area contributed by atoms with E-state index < -0.39 is 5.60 Å². The summed E-state index contributed by atoms with van der Waals surface area (Å²) in [6.45, 7) is 12.0. The van der Waals surface area contributed by atoms with Gasteiger partial charge < -0.3 is 19.7 Å². The number of hydrogen-bond acceptors (Lipinski definition) is 5. The van der Waals surface area contributed by atoms with E-state index >= 15 is 0 Å². The maximum atomic E-state index is 12.9. The van der Waals surface area contributed by atoms with Gasteiger partial charge in [-0.1, -0.05) is 31.5 Å². The first-order chi connectivity index (χ1) is 16.2. The molecule has 1 aromatic heterocycles. The molecule has 1 N–H and O–H groups in total. The minimum atomic E-state index is -0.530. The Morgan fingerprint density at radius 1 is 1.21 bits per heavy atom. The van der Waals surface area contributed by atoms with E-state index in [9.17, 15) is 9.59 Å². The Hall–Kier alpha value is -3.09. The summed E-state index contributed by atoms with van der Waals surface area (Å²) in [5, 5.41) is 3.10. The minimum Gasteiger partial charge on any atom is -0.493 e. The highest BCUT2D eigenvalue weighted by Gasteiger charge is 2.49. The molecule has 7 nitrogen and oxygen atoms in total. The number of hydrogen-bond donors (Lipinski definition) is 1. The fraction of sp³-hybridized carbons (Fsp3) is 0.519. The number of rotatable bonds is 4. The molecule has 2 aliphatic heterocycles. The summed E-state index contributed by atoms with van der Waals surface area (Å²) in [5.74, 6) is 0.776. The quantitative estimate of drug-likeness (QED) is 0.702. The lowest BCUT2D eigenvalue weighted by Gasteiger charge is -2.50. The molecule has 3 heterocycles. The molecule has 0 radical (unpaired) electrons.